The Hall–Kier alpha value is -7.36. The van der Waals surface area contributed by atoms with Gasteiger partial charge in [0.25, 0.3) is 6.71 Å². The topological polar surface area (TPSA) is 9.86 Å². The zero-order valence-electron chi connectivity index (χ0n) is 53.3. The number of fused-ring (bicyclic) bond motifs is 13. The van der Waals surface area contributed by atoms with Crippen LogP contribution in [0.1, 0.15) is 193 Å². The van der Waals surface area contributed by atoms with E-state index < -0.39 is 5.41 Å². The van der Waals surface area contributed by atoms with Crippen LogP contribution in [0, 0.1) is 0 Å². The Morgan fingerprint density at radius 2 is 0.881 bits per heavy atom. The second-order valence-electron chi connectivity index (χ2n) is 31.4. The van der Waals surface area contributed by atoms with Gasteiger partial charge < -0.3 is 9.13 Å². The highest BCUT2D eigenvalue weighted by Gasteiger charge is 2.55. The largest absolute Gasteiger partial charge is 0.310 e. The van der Waals surface area contributed by atoms with Gasteiger partial charge in [0.2, 0.25) is 0 Å². The van der Waals surface area contributed by atoms with Crippen LogP contribution in [0.25, 0.3) is 88.4 Å². The monoisotopic (exact) mass is 1090 g/mol. The van der Waals surface area contributed by atoms with E-state index in [-0.39, 0.29) is 39.2 Å². The van der Waals surface area contributed by atoms with Crippen LogP contribution < -0.4 is 16.4 Å². The third-order valence-electron chi connectivity index (χ3n) is 21.5. The fourth-order valence-electron chi connectivity index (χ4n) is 15.8. The lowest BCUT2D eigenvalue weighted by Gasteiger charge is -2.44. The maximum Gasteiger partial charge on any atom is 0.252 e. The van der Waals surface area contributed by atoms with E-state index in [1.54, 1.807) is 0 Å². The number of nitrogens with zero attached hydrogens (tertiary/aromatic N) is 2. The standard InChI is InChI=1S/C81H83BN2/c1-19-79(15,16)53-42-58-59-43-54(80(17,18)20-2)45-65-72(59)84-71(58)63(44-53)81(60-31-25-23-29-56(60)57-30-24-26-32-61(57)81)62-33-34-66-69(73(62)84)82(65)64-39-46-27-21-22-28-55(46)68-67(47-35-49(75(3,4)5)40-50(36-47)76(6,7)8)70(83(66)74(64)68)48-37-51(77(9,10)11)41-52(38-48)78(12,13)14/h21-45H,19-20H2,1-18H3. The molecule has 420 valence electrons. The number of aromatic nitrogens is 2. The summed E-state index contributed by atoms with van der Waals surface area (Å²) in [4.78, 5) is 0. The molecule has 0 saturated heterocycles. The summed E-state index contributed by atoms with van der Waals surface area (Å²) in [6, 6.07) is 62.1. The first-order valence-electron chi connectivity index (χ1n) is 31.6. The normalized spacial score (nSPS) is 15.0. The third-order valence-corrected chi connectivity index (χ3v) is 21.5. The minimum atomic E-state index is -0.587. The quantitative estimate of drug-likeness (QED) is 0.147. The Morgan fingerprint density at radius 1 is 0.393 bits per heavy atom. The summed E-state index contributed by atoms with van der Waals surface area (Å²) in [5, 5.41) is 6.71. The van der Waals surface area contributed by atoms with Gasteiger partial charge in [-0.1, -0.05) is 246 Å². The van der Waals surface area contributed by atoms with Crippen LogP contribution in [0.4, 0.5) is 0 Å². The number of hydrogen-bond acceptors (Lipinski definition) is 0. The second kappa shape index (κ2) is 17.0. The molecule has 0 unspecified atom stereocenters. The Morgan fingerprint density at radius 3 is 1.43 bits per heavy atom. The molecule has 0 atom stereocenters. The molecule has 11 aromatic rings. The molecule has 0 fully saturated rings. The van der Waals surface area contributed by atoms with Gasteiger partial charge in [-0.15, -0.1) is 0 Å². The van der Waals surface area contributed by atoms with E-state index >= 15 is 0 Å². The van der Waals surface area contributed by atoms with Crippen molar-refractivity contribution in [1.29, 1.82) is 0 Å². The van der Waals surface area contributed by atoms with Crippen molar-refractivity contribution in [2.45, 2.75) is 175 Å². The van der Waals surface area contributed by atoms with Crippen molar-refractivity contribution in [2.24, 2.45) is 0 Å². The minimum Gasteiger partial charge on any atom is -0.310 e. The van der Waals surface area contributed by atoms with Gasteiger partial charge in [0.05, 0.1) is 22.1 Å². The smallest absolute Gasteiger partial charge is 0.252 e. The first kappa shape index (κ1) is 53.4. The van der Waals surface area contributed by atoms with E-state index in [1.165, 1.54) is 160 Å². The van der Waals surface area contributed by atoms with Crippen LogP contribution in [-0.4, -0.2) is 15.8 Å². The van der Waals surface area contributed by atoms with E-state index in [9.17, 15) is 0 Å². The van der Waals surface area contributed by atoms with E-state index in [2.05, 4.69) is 285 Å². The first-order valence-corrected chi connectivity index (χ1v) is 31.6. The van der Waals surface area contributed by atoms with Crippen LogP contribution in [0.5, 0.6) is 0 Å². The lowest BCUT2D eigenvalue weighted by atomic mass is 9.33. The molecule has 84 heavy (non-hydrogen) atoms. The van der Waals surface area contributed by atoms with Gasteiger partial charge in [0, 0.05) is 38.6 Å². The average Bonchev–Trinajstić information content (AvgIpc) is 1.50. The summed E-state index contributed by atoms with van der Waals surface area (Å²) < 4.78 is 5.65. The van der Waals surface area contributed by atoms with Crippen LogP contribution in [-0.2, 0) is 37.9 Å². The summed E-state index contributed by atoms with van der Waals surface area (Å²) in [5.74, 6) is 0. The molecule has 15 rings (SSSR count). The molecule has 2 nitrogen and oxygen atoms in total. The Labute approximate surface area is 500 Å². The molecule has 0 bridgehead atoms. The van der Waals surface area contributed by atoms with Crippen molar-refractivity contribution >= 4 is 66.6 Å². The fraction of sp³-hybridized carbons (Fsp3) is 0.333. The highest BCUT2D eigenvalue weighted by Crippen LogP contribution is 2.63. The van der Waals surface area contributed by atoms with Crippen LogP contribution in [0.3, 0.4) is 0 Å². The second-order valence-corrected chi connectivity index (χ2v) is 31.4. The predicted molar refractivity (Wildman–Crippen MR) is 363 cm³/mol. The van der Waals surface area contributed by atoms with E-state index in [0.717, 1.165) is 12.8 Å². The number of hydrogen-bond donors (Lipinski definition) is 0. The van der Waals surface area contributed by atoms with Crippen molar-refractivity contribution in [3.63, 3.8) is 0 Å². The lowest BCUT2D eigenvalue weighted by Crippen LogP contribution is -2.60. The van der Waals surface area contributed by atoms with Gasteiger partial charge >= 0.3 is 0 Å². The zero-order chi connectivity index (χ0) is 59.1. The molecule has 9 aromatic carbocycles. The fourth-order valence-corrected chi connectivity index (χ4v) is 15.8. The van der Waals surface area contributed by atoms with E-state index in [1.807, 2.05) is 0 Å². The molecule has 0 N–H and O–H groups in total. The van der Waals surface area contributed by atoms with Crippen molar-refractivity contribution < 1.29 is 0 Å². The highest BCUT2D eigenvalue weighted by atomic mass is 15.1. The Balaban J connectivity index is 1.22. The van der Waals surface area contributed by atoms with Crippen LogP contribution in [0.15, 0.2) is 152 Å². The van der Waals surface area contributed by atoms with Crippen molar-refractivity contribution in [3.8, 4) is 44.9 Å². The molecule has 1 aliphatic carbocycles. The maximum atomic E-state index is 2.83. The summed E-state index contributed by atoms with van der Waals surface area (Å²) in [5.41, 5.74) is 31.6. The molecule has 4 aliphatic rings. The Bertz CT molecular complexity index is 4610. The molecular weight excluding hydrogens is 1010 g/mol. The molecule has 5 heterocycles. The number of rotatable bonds is 6. The van der Waals surface area contributed by atoms with Crippen molar-refractivity contribution in [2.75, 3.05) is 0 Å². The summed E-state index contributed by atoms with van der Waals surface area (Å²) in [7, 11) is 0. The number of benzene rings is 9. The predicted octanol–water partition coefficient (Wildman–Crippen LogP) is 19.6. The molecule has 3 heteroatoms. The average molecular weight is 1100 g/mol. The van der Waals surface area contributed by atoms with Crippen molar-refractivity contribution in [3.05, 3.63) is 207 Å². The highest BCUT2D eigenvalue weighted by molar-refractivity contribution is 7.00. The summed E-state index contributed by atoms with van der Waals surface area (Å²) >= 11 is 0. The van der Waals surface area contributed by atoms with Crippen LogP contribution in [0.2, 0.25) is 0 Å². The minimum absolute atomic E-state index is 0.0620. The zero-order valence-corrected chi connectivity index (χ0v) is 53.3. The molecule has 0 radical (unpaired) electrons. The van der Waals surface area contributed by atoms with E-state index in [4.69, 9.17) is 0 Å². The molecule has 0 saturated carbocycles. The third kappa shape index (κ3) is 6.99. The maximum absolute atomic E-state index is 2.83. The van der Waals surface area contributed by atoms with Gasteiger partial charge in [-0.3, -0.25) is 0 Å². The van der Waals surface area contributed by atoms with Gasteiger partial charge in [0.1, 0.15) is 0 Å². The molecule has 2 aromatic heterocycles. The van der Waals surface area contributed by atoms with Gasteiger partial charge in [-0.25, -0.2) is 0 Å². The SMILES string of the molecule is CCC(C)(C)c1cc2c3c(c1)c1cc(C(C)(C)CC)cc4c1n3-c1c(ccc3c1B2c1cc2ccccc2c2c(-c5cc(C(C)(C)C)cc(C(C)(C)C)c5)c(-c5cc(C(C)(C)C)cc(C(C)(C)C)c5)n-3c12)C41c2ccccc2-c2ccccc21. The Kier molecular flexibility index (Phi) is 10.8. The van der Waals surface area contributed by atoms with Gasteiger partial charge in [-0.05, 0) is 181 Å². The summed E-state index contributed by atoms with van der Waals surface area (Å²) in [6.07, 6.45) is 2.07. The van der Waals surface area contributed by atoms with Crippen molar-refractivity contribution in [1.82, 2.24) is 9.13 Å². The van der Waals surface area contributed by atoms with Gasteiger partial charge in [-0.2, -0.15) is 0 Å². The van der Waals surface area contributed by atoms with E-state index in [0.29, 0.717) is 0 Å². The van der Waals surface area contributed by atoms with Gasteiger partial charge in [0.15, 0.2) is 0 Å². The molecule has 1 spiro atoms. The molecular formula is C81H83BN2. The lowest BCUT2D eigenvalue weighted by molar-refractivity contribution is 0.505. The molecule has 0 amide bonds. The molecule has 3 aliphatic heterocycles. The summed E-state index contributed by atoms with van der Waals surface area (Å²) in [6.45, 7) is 43.3. The van der Waals surface area contributed by atoms with Crippen LogP contribution >= 0.6 is 0 Å². The first-order chi connectivity index (χ1) is 39.6.